The van der Waals surface area contributed by atoms with Crippen molar-refractivity contribution in [2.75, 3.05) is 19.8 Å². The van der Waals surface area contributed by atoms with Crippen LogP contribution in [0.1, 0.15) is 5.56 Å². The Morgan fingerprint density at radius 1 is 1.07 bits per heavy atom. The number of pyridine rings is 1. The van der Waals surface area contributed by atoms with Crippen LogP contribution >= 0.6 is 11.6 Å². The van der Waals surface area contributed by atoms with Crippen molar-refractivity contribution in [3.8, 4) is 11.6 Å². The molecule has 1 aromatic heterocycles. The van der Waals surface area contributed by atoms with Crippen molar-refractivity contribution in [2.45, 2.75) is 12.7 Å². The number of hydrogen-bond acceptors (Lipinski definition) is 4. The van der Waals surface area contributed by atoms with Crippen molar-refractivity contribution in [2.24, 2.45) is 0 Å². The van der Waals surface area contributed by atoms with Crippen LogP contribution in [0, 0.1) is 0 Å². The summed E-state index contributed by atoms with van der Waals surface area (Å²) in [6.45, 7) is -0.673. The lowest BCUT2D eigenvalue weighted by molar-refractivity contribution is -0.154. The van der Waals surface area contributed by atoms with E-state index >= 15 is 0 Å². The van der Waals surface area contributed by atoms with Gasteiger partial charge in [-0.15, -0.1) is 0 Å². The zero-order valence-corrected chi connectivity index (χ0v) is 14.8. The molecular weight excluding hydrogens is 387 g/mol. The molecule has 27 heavy (non-hydrogen) atoms. The summed E-state index contributed by atoms with van der Waals surface area (Å²) in [6, 6.07) is 9.25. The van der Waals surface area contributed by atoms with E-state index in [2.05, 4.69) is 20.4 Å². The Balaban J connectivity index is 1.62. The number of hydrogen-bond donors (Lipinski definition) is 2. The molecule has 1 aromatic carbocycles. The molecule has 2 amide bonds. The van der Waals surface area contributed by atoms with Crippen LogP contribution in [0.2, 0.25) is 5.02 Å². The van der Waals surface area contributed by atoms with Crippen molar-refractivity contribution in [3.63, 3.8) is 0 Å². The molecule has 2 rings (SSSR count). The fourth-order valence-corrected chi connectivity index (χ4v) is 1.99. The minimum atomic E-state index is -4.42. The zero-order chi connectivity index (χ0) is 19.7. The predicted octanol–water partition coefficient (Wildman–Crippen LogP) is 3.55. The summed E-state index contributed by atoms with van der Waals surface area (Å²) in [5.74, 6) is 0.500. The van der Waals surface area contributed by atoms with Gasteiger partial charge in [0.2, 0.25) is 5.88 Å². The van der Waals surface area contributed by atoms with E-state index in [0.29, 0.717) is 16.3 Å². The number of nitrogens with one attached hydrogen (secondary N) is 2. The van der Waals surface area contributed by atoms with Gasteiger partial charge < -0.3 is 20.1 Å². The first-order chi connectivity index (χ1) is 12.8. The van der Waals surface area contributed by atoms with Crippen molar-refractivity contribution in [3.05, 3.63) is 53.2 Å². The Bertz CT molecular complexity index is 725. The molecule has 0 saturated carbocycles. The van der Waals surface area contributed by atoms with E-state index in [4.69, 9.17) is 16.3 Å². The lowest BCUT2D eigenvalue weighted by atomic mass is 10.3. The van der Waals surface area contributed by atoms with Crippen LogP contribution in [0.3, 0.4) is 0 Å². The second kappa shape index (κ2) is 9.86. The Morgan fingerprint density at radius 2 is 1.81 bits per heavy atom. The Hall–Kier alpha value is -2.68. The average Bonchev–Trinajstić information content (AvgIpc) is 2.63. The number of carbonyl (C=O) groups excluding carboxylic acids is 1. The predicted molar refractivity (Wildman–Crippen MR) is 93.0 cm³/mol. The quantitative estimate of drug-likeness (QED) is 0.661. The molecule has 0 aliphatic heterocycles. The number of aromatic nitrogens is 1. The average molecular weight is 404 g/mol. The summed E-state index contributed by atoms with van der Waals surface area (Å²) in [5, 5.41) is 5.81. The van der Waals surface area contributed by atoms with Gasteiger partial charge in [-0.1, -0.05) is 17.7 Å². The first kappa shape index (κ1) is 20.6. The van der Waals surface area contributed by atoms with Gasteiger partial charge in [-0.3, -0.25) is 0 Å². The summed E-state index contributed by atoms with van der Waals surface area (Å²) in [4.78, 5) is 15.4. The van der Waals surface area contributed by atoms with E-state index in [0.717, 1.165) is 0 Å². The molecule has 0 fully saturated rings. The third-order valence-electron chi connectivity index (χ3n) is 3.10. The van der Waals surface area contributed by atoms with Crippen LogP contribution < -0.4 is 20.1 Å². The highest BCUT2D eigenvalue weighted by molar-refractivity contribution is 6.30. The maximum absolute atomic E-state index is 12.0. The summed E-state index contributed by atoms with van der Waals surface area (Å²) in [5.41, 5.74) is 0.613. The molecule has 0 atom stereocenters. The molecule has 146 valence electrons. The van der Waals surface area contributed by atoms with E-state index in [1.165, 1.54) is 18.3 Å². The van der Waals surface area contributed by atoms with Gasteiger partial charge >= 0.3 is 12.2 Å². The topological polar surface area (TPSA) is 72.5 Å². The fraction of sp³-hybridized carbons (Fsp3) is 0.294. The molecule has 2 aromatic rings. The minimum absolute atomic E-state index is 0.139. The second-order valence-electron chi connectivity index (χ2n) is 5.32. The molecule has 10 heteroatoms. The normalized spacial score (nSPS) is 11.0. The fourth-order valence-electron chi connectivity index (χ4n) is 1.87. The number of rotatable bonds is 8. The molecule has 1 heterocycles. The molecule has 0 unspecified atom stereocenters. The third kappa shape index (κ3) is 8.50. The first-order valence-corrected chi connectivity index (χ1v) is 8.24. The summed E-state index contributed by atoms with van der Waals surface area (Å²) in [6.07, 6.45) is -3.09. The van der Waals surface area contributed by atoms with Crippen LogP contribution in [0.5, 0.6) is 11.6 Å². The smallest absolute Gasteiger partial charge is 0.422 e. The highest BCUT2D eigenvalue weighted by Gasteiger charge is 2.28. The second-order valence-corrected chi connectivity index (χ2v) is 5.76. The van der Waals surface area contributed by atoms with E-state index in [1.54, 1.807) is 24.3 Å². The van der Waals surface area contributed by atoms with Gasteiger partial charge in [0.05, 0.1) is 6.54 Å². The molecule has 0 aliphatic carbocycles. The van der Waals surface area contributed by atoms with Crippen molar-refractivity contribution in [1.29, 1.82) is 0 Å². The molecular formula is C17H17ClF3N3O3. The van der Waals surface area contributed by atoms with E-state index in [-0.39, 0.29) is 25.6 Å². The molecule has 0 bridgehead atoms. The molecule has 0 saturated heterocycles. The van der Waals surface area contributed by atoms with E-state index in [1.807, 2.05) is 0 Å². The van der Waals surface area contributed by atoms with Crippen molar-refractivity contribution < 1.29 is 27.4 Å². The lowest BCUT2D eigenvalue weighted by Gasteiger charge is -2.10. The van der Waals surface area contributed by atoms with Gasteiger partial charge in [0.1, 0.15) is 12.4 Å². The van der Waals surface area contributed by atoms with Gasteiger partial charge in [0.25, 0.3) is 0 Å². The number of halogens is 4. The number of urea groups is 1. The SMILES string of the molecule is O=C(NCCOc1ccc(Cl)cc1)NCc1ccc(OCC(F)(F)F)nc1. The molecule has 0 spiro atoms. The van der Waals surface area contributed by atoms with Crippen LogP contribution in [0.4, 0.5) is 18.0 Å². The number of carbonyl (C=O) groups is 1. The van der Waals surface area contributed by atoms with E-state index < -0.39 is 18.8 Å². The minimum Gasteiger partial charge on any atom is -0.492 e. The van der Waals surface area contributed by atoms with Gasteiger partial charge in [-0.2, -0.15) is 13.2 Å². The Morgan fingerprint density at radius 3 is 2.44 bits per heavy atom. The summed E-state index contributed by atoms with van der Waals surface area (Å²) in [7, 11) is 0. The molecule has 0 aliphatic rings. The van der Waals surface area contributed by atoms with Gasteiger partial charge in [0.15, 0.2) is 6.61 Å². The zero-order valence-electron chi connectivity index (χ0n) is 14.1. The number of amides is 2. The lowest BCUT2D eigenvalue weighted by Crippen LogP contribution is -2.37. The number of nitrogens with zero attached hydrogens (tertiary/aromatic N) is 1. The van der Waals surface area contributed by atoms with Crippen molar-refractivity contribution >= 4 is 17.6 Å². The molecule has 2 N–H and O–H groups in total. The van der Waals surface area contributed by atoms with E-state index in [9.17, 15) is 18.0 Å². The maximum atomic E-state index is 12.0. The van der Waals surface area contributed by atoms with Gasteiger partial charge in [0, 0.05) is 23.8 Å². The Labute approximate surface area is 158 Å². The Kier molecular flexibility index (Phi) is 7.54. The summed E-state index contributed by atoms with van der Waals surface area (Å²) < 4.78 is 46.1. The first-order valence-electron chi connectivity index (χ1n) is 7.86. The van der Waals surface area contributed by atoms with Crippen LogP contribution in [-0.2, 0) is 6.54 Å². The van der Waals surface area contributed by atoms with Crippen molar-refractivity contribution in [1.82, 2.24) is 15.6 Å². The standard InChI is InChI=1S/C17H17ClF3N3O3/c18-13-2-4-14(5-3-13)26-8-7-22-16(25)24-10-12-1-6-15(23-9-12)27-11-17(19,20)21/h1-6,9H,7-8,10-11H2,(H2,22,24,25). The largest absolute Gasteiger partial charge is 0.492 e. The number of alkyl halides is 3. The van der Waals surface area contributed by atoms with Crippen LogP contribution in [0.15, 0.2) is 42.6 Å². The van der Waals surface area contributed by atoms with Crippen LogP contribution in [-0.4, -0.2) is 36.9 Å². The third-order valence-corrected chi connectivity index (χ3v) is 3.36. The molecule has 6 nitrogen and oxygen atoms in total. The number of benzene rings is 1. The van der Waals surface area contributed by atoms with Gasteiger partial charge in [-0.25, -0.2) is 9.78 Å². The monoisotopic (exact) mass is 403 g/mol. The number of ether oxygens (including phenoxy) is 2. The maximum Gasteiger partial charge on any atom is 0.422 e. The highest BCUT2D eigenvalue weighted by Crippen LogP contribution is 2.17. The van der Waals surface area contributed by atoms with Gasteiger partial charge in [-0.05, 0) is 29.8 Å². The molecule has 0 radical (unpaired) electrons. The highest BCUT2D eigenvalue weighted by atomic mass is 35.5. The van der Waals surface area contributed by atoms with Crippen LogP contribution in [0.25, 0.3) is 0 Å². The summed E-state index contributed by atoms with van der Waals surface area (Å²) >= 11 is 5.76.